The summed E-state index contributed by atoms with van der Waals surface area (Å²) in [7, 11) is 0. The first-order valence-corrected chi connectivity index (χ1v) is 8.20. The SMILES string of the molecule is C=CC(=O)NC(C)(C)C(=O)NCCOc1ccc(C(=O)C(C)(C)O)cc1. The molecule has 3 N–H and O–H groups in total. The molecule has 0 atom stereocenters. The summed E-state index contributed by atoms with van der Waals surface area (Å²) in [6.07, 6.45) is 1.10. The van der Waals surface area contributed by atoms with Gasteiger partial charge in [-0.05, 0) is 58.0 Å². The summed E-state index contributed by atoms with van der Waals surface area (Å²) in [5.74, 6) is -0.615. The molecule has 1 rings (SSSR count). The van der Waals surface area contributed by atoms with Crippen LogP contribution in [0.2, 0.25) is 0 Å². The maximum Gasteiger partial charge on any atom is 0.245 e. The summed E-state index contributed by atoms with van der Waals surface area (Å²) < 4.78 is 5.50. The number of aliphatic hydroxyl groups is 1. The summed E-state index contributed by atoms with van der Waals surface area (Å²) in [5, 5.41) is 14.9. The van der Waals surface area contributed by atoms with Crippen LogP contribution in [0.1, 0.15) is 38.1 Å². The molecule has 26 heavy (non-hydrogen) atoms. The van der Waals surface area contributed by atoms with Crippen molar-refractivity contribution in [1.29, 1.82) is 0 Å². The molecule has 0 bridgehead atoms. The predicted molar refractivity (Wildman–Crippen MR) is 98.0 cm³/mol. The summed E-state index contributed by atoms with van der Waals surface area (Å²) in [4.78, 5) is 35.3. The fourth-order valence-electron chi connectivity index (χ4n) is 2.03. The zero-order valence-electron chi connectivity index (χ0n) is 15.6. The van der Waals surface area contributed by atoms with E-state index in [0.717, 1.165) is 6.08 Å². The average molecular weight is 362 g/mol. The first-order chi connectivity index (χ1) is 12.0. The minimum Gasteiger partial charge on any atom is -0.492 e. The second-order valence-corrected chi connectivity index (χ2v) is 6.84. The molecule has 1 aromatic rings. The van der Waals surface area contributed by atoms with E-state index in [0.29, 0.717) is 11.3 Å². The van der Waals surface area contributed by atoms with Crippen molar-refractivity contribution < 1.29 is 24.2 Å². The number of ether oxygens (including phenoxy) is 1. The third-order valence-electron chi connectivity index (χ3n) is 3.52. The van der Waals surface area contributed by atoms with Gasteiger partial charge in [0, 0.05) is 5.56 Å². The fourth-order valence-corrected chi connectivity index (χ4v) is 2.03. The predicted octanol–water partition coefficient (Wildman–Crippen LogP) is 1.22. The quantitative estimate of drug-likeness (QED) is 0.348. The summed E-state index contributed by atoms with van der Waals surface area (Å²) >= 11 is 0. The highest BCUT2D eigenvalue weighted by atomic mass is 16.5. The lowest BCUT2D eigenvalue weighted by molar-refractivity contribution is -0.130. The molecule has 0 aliphatic rings. The molecular formula is C19H26N2O5. The Morgan fingerprint density at radius 2 is 1.73 bits per heavy atom. The van der Waals surface area contributed by atoms with Gasteiger partial charge < -0.3 is 20.5 Å². The zero-order chi connectivity index (χ0) is 20.0. The van der Waals surface area contributed by atoms with Crippen LogP contribution in [0.5, 0.6) is 5.75 Å². The van der Waals surface area contributed by atoms with Gasteiger partial charge in [0.05, 0.1) is 6.54 Å². The largest absolute Gasteiger partial charge is 0.492 e. The highest BCUT2D eigenvalue weighted by Gasteiger charge is 2.28. The molecule has 2 amide bonds. The minimum absolute atomic E-state index is 0.218. The number of carbonyl (C=O) groups is 3. The van der Waals surface area contributed by atoms with E-state index in [9.17, 15) is 19.5 Å². The van der Waals surface area contributed by atoms with Gasteiger partial charge in [-0.3, -0.25) is 14.4 Å². The number of Topliss-reactive ketones (excluding diaryl/α,β-unsaturated/α-hetero) is 1. The Kier molecular flexibility index (Phi) is 7.09. The van der Waals surface area contributed by atoms with E-state index in [2.05, 4.69) is 17.2 Å². The molecule has 7 heteroatoms. The number of amides is 2. The normalized spacial score (nSPS) is 11.4. The van der Waals surface area contributed by atoms with Crippen molar-refractivity contribution in [3.8, 4) is 5.75 Å². The molecule has 0 saturated carbocycles. The van der Waals surface area contributed by atoms with Crippen LogP contribution in [0.4, 0.5) is 0 Å². The van der Waals surface area contributed by atoms with Crippen LogP contribution in [-0.2, 0) is 9.59 Å². The topological polar surface area (TPSA) is 105 Å². The van der Waals surface area contributed by atoms with Gasteiger partial charge in [-0.15, -0.1) is 0 Å². The molecule has 0 spiro atoms. The van der Waals surface area contributed by atoms with Gasteiger partial charge in [0.2, 0.25) is 11.8 Å². The van der Waals surface area contributed by atoms with E-state index in [1.807, 2.05) is 0 Å². The fraction of sp³-hybridized carbons (Fsp3) is 0.421. The van der Waals surface area contributed by atoms with Gasteiger partial charge in [0.15, 0.2) is 5.78 Å². The number of hydrogen-bond acceptors (Lipinski definition) is 5. The van der Waals surface area contributed by atoms with E-state index in [1.54, 1.807) is 38.1 Å². The highest BCUT2D eigenvalue weighted by molar-refractivity contribution is 6.01. The van der Waals surface area contributed by atoms with Gasteiger partial charge in [-0.2, -0.15) is 0 Å². The van der Waals surface area contributed by atoms with Gasteiger partial charge in [-0.25, -0.2) is 0 Å². The first kappa shape index (κ1) is 21.4. The number of hydrogen-bond donors (Lipinski definition) is 3. The Morgan fingerprint density at radius 3 is 2.23 bits per heavy atom. The lowest BCUT2D eigenvalue weighted by Crippen LogP contribution is -2.54. The zero-order valence-corrected chi connectivity index (χ0v) is 15.6. The molecule has 0 aliphatic heterocycles. The molecule has 142 valence electrons. The Balaban J connectivity index is 2.46. The van der Waals surface area contributed by atoms with E-state index < -0.39 is 17.0 Å². The second-order valence-electron chi connectivity index (χ2n) is 6.84. The van der Waals surface area contributed by atoms with Crippen molar-refractivity contribution in [2.75, 3.05) is 13.2 Å². The van der Waals surface area contributed by atoms with Crippen LogP contribution in [0.3, 0.4) is 0 Å². The third kappa shape index (κ3) is 6.33. The molecule has 0 aliphatic carbocycles. The summed E-state index contributed by atoms with van der Waals surface area (Å²) in [5.41, 5.74) is -2.11. The van der Waals surface area contributed by atoms with Gasteiger partial charge in [0.25, 0.3) is 0 Å². The standard InChI is InChI=1S/C19H26N2O5/c1-6-15(22)21-18(2,3)17(24)20-11-12-26-14-9-7-13(8-10-14)16(23)19(4,5)25/h6-10,25H,1,11-12H2,2-5H3,(H,20,24)(H,21,22). The van der Waals surface area contributed by atoms with Gasteiger partial charge in [0.1, 0.15) is 23.5 Å². The monoisotopic (exact) mass is 362 g/mol. The smallest absolute Gasteiger partial charge is 0.245 e. The van der Waals surface area contributed by atoms with Crippen LogP contribution in [-0.4, -0.2) is 47.0 Å². The van der Waals surface area contributed by atoms with Crippen molar-refractivity contribution in [3.63, 3.8) is 0 Å². The minimum atomic E-state index is -1.43. The molecule has 0 unspecified atom stereocenters. The van der Waals surface area contributed by atoms with Crippen LogP contribution >= 0.6 is 0 Å². The van der Waals surface area contributed by atoms with E-state index in [4.69, 9.17) is 4.74 Å². The van der Waals surface area contributed by atoms with Crippen LogP contribution in [0.15, 0.2) is 36.9 Å². The Labute approximate surface area is 153 Å². The van der Waals surface area contributed by atoms with Crippen molar-refractivity contribution >= 4 is 17.6 Å². The third-order valence-corrected chi connectivity index (χ3v) is 3.52. The number of benzene rings is 1. The van der Waals surface area contributed by atoms with E-state index in [1.165, 1.54) is 13.8 Å². The molecule has 0 saturated heterocycles. The Hall–Kier alpha value is -2.67. The number of nitrogens with one attached hydrogen (secondary N) is 2. The molecule has 7 nitrogen and oxygen atoms in total. The molecule has 0 heterocycles. The van der Waals surface area contributed by atoms with E-state index in [-0.39, 0.29) is 24.8 Å². The lowest BCUT2D eigenvalue weighted by atomic mass is 9.97. The molecule has 0 fully saturated rings. The maximum atomic E-state index is 12.1. The molecule has 0 radical (unpaired) electrons. The van der Waals surface area contributed by atoms with E-state index >= 15 is 0 Å². The number of ketones is 1. The second kappa shape index (κ2) is 8.62. The van der Waals surface area contributed by atoms with Crippen molar-refractivity contribution in [2.24, 2.45) is 0 Å². The van der Waals surface area contributed by atoms with Crippen LogP contribution in [0.25, 0.3) is 0 Å². The van der Waals surface area contributed by atoms with Crippen LogP contribution in [0, 0.1) is 0 Å². The van der Waals surface area contributed by atoms with Crippen LogP contribution < -0.4 is 15.4 Å². The Bertz CT molecular complexity index is 672. The van der Waals surface area contributed by atoms with Gasteiger partial charge in [-0.1, -0.05) is 6.58 Å². The molecule has 1 aromatic carbocycles. The summed E-state index contributed by atoms with van der Waals surface area (Å²) in [6.45, 7) is 9.85. The first-order valence-electron chi connectivity index (χ1n) is 8.20. The average Bonchev–Trinajstić information content (AvgIpc) is 2.57. The van der Waals surface area contributed by atoms with Crippen molar-refractivity contribution in [1.82, 2.24) is 10.6 Å². The number of carbonyl (C=O) groups excluding carboxylic acids is 3. The molecule has 0 aromatic heterocycles. The van der Waals surface area contributed by atoms with Crippen molar-refractivity contribution in [3.05, 3.63) is 42.5 Å². The van der Waals surface area contributed by atoms with Gasteiger partial charge >= 0.3 is 0 Å². The van der Waals surface area contributed by atoms with Crippen molar-refractivity contribution in [2.45, 2.75) is 38.8 Å². The lowest BCUT2D eigenvalue weighted by Gasteiger charge is -2.24. The maximum absolute atomic E-state index is 12.1. The number of rotatable bonds is 9. The Morgan fingerprint density at radius 1 is 1.15 bits per heavy atom. The molecular weight excluding hydrogens is 336 g/mol. The summed E-state index contributed by atoms with van der Waals surface area (Å²) in [6, 6.07) is 6.38. The highest BCUT2D eigenvalue weighted by Crippen LogP contribution is 2.17.